The maximum absolute atomic E-state index is 12.5. The molecular formula is C16H22N2O2. The normalized spacial score (nSPS) is 15.6. The number of anilines is 1. The lowest BCUT2D eigenvalue weighted by molar-refractivity contribution is -0.141. The highest BCUT2D eigenvalue weighted by Crippen LogP contribution is 2.48. The summed E-state index contributed by atoms with van der Waals surface area (Å²) in [6, 6.07) is 7.64. The summed E-state index contributed by atoms with van der Waals surface area (Å²) in [6.07, 6.45) is 1.31. The van der Waals surface area contributed by atoms with Crippen LogP contribution in [0.2, 0.25) is 0 Å². The smallest absolute Gasteiger partial charge is 0.240 e. The molecule has 0 spiro atoms. The molecule has 1 aliphatic carbocycles. The van der Waals surface area contributed by atoms with Crippen molar-refractivity contribution in [1.29, 1.82) is 0 Å². The third-order valence-corrected chi connectivity index (χ3v) is 3.92. The number of carbonyl (C=O) groups is 2. The molecule has 1 aromatic carbocycles. The van der Waals surface area contributed by atoms with Crippen LogP contribution >= 0.6 is 0 Å². The lowest BCUT2D eigenvalue weighted by Gasteiger charge is -2.24. The summed E-state index contributed by atoms with van der Waals surface area (Å²) in [4.78, 5) is 26.6. The van der Waals surface area contributed by atoms with Crippen molar-refractivity contribution in [2.75, 3.05) is 18.4 Å². The van der Waals surface area contributed by atoms with E-state index >= 15 is 0 Å². The summed E-state index contributed by atoms with van der Waals surface area (Å²) >= 11 is 0. The molecule has 0 saturated heterocycles. The topological polar surface area (TPSA) is 49.4 Å². The minimum atomic E-state index is -0.824. The fourth-order valence-electron chi connectivity index (χ4n) is 2.45. The molecule has 4 nitrogen and oxygen atoms in total. The van der Waals surface area contributed by atoms with Gasteiger partial charge in [0.15, 0.2) is 0 Å². The lowest BCUT2D eigenvalue weighted by atomic mass is 10.0. The van der Waals surface area contributed by atoms with Gasteiger partial charge in [-0.05, 0) is 51.3 Å². The number of hydrogen-bond acceptors (Lipinski definition) is 2. The Labute approximate surface area is 120 Å². The van der Waals surface area contributed by atoms with Crippen LogP contribution in [0.5, 0.6) is 0 Å². The quantitative estimate of drug-likeness (QED) is 0.839. The van der Waals surface area contributed by atoms with Crippen LogP contribution < -0.4 is 5.32 Å². The first kappa shape index (κ1) is 14.6. The Morgan fingerprint density at radius 3 is 2.40 bits per heavy atom. The standard InChI is InChI=1S/C16H22N2O2/c1-4-18(5-2)15(20)16(9-10-16)14(19)17-13-8-6-7-12(3)11-13/h6-8,11H,4-5,9-10H2,1-3H3,(H,17,19). The van der Waals surface area contributed by atoms with Crippen LogP contribution in [0.25, 0.3) is 0 Å². The Hall–Kier alpha value is -1.84. The molecule has 0 unspecified atom stereocenters. The molecule has 0 bridgehead atoms. The summed E-state index contributed by atoms with van der Waals surface area (Å²) in [5.74, 6) is -0.201. The van der Waals surface area contributed by atoms with Crippen molar-refractivity contribution < 1.29 is 9.59 Å². The molecule has 1 N–H and O–H groups in total. The molecule has 2 rings (SSSR count). The van der Waals surface area contributed by atoms with Gasteiger partial charge in [-0.3, -0.25) is 9.59 Å². The number of nitrogens with zero attached hydrogens (tertiary/aromatic N) is 1. The van der Waals surface area contributed by atoms with Crippen molar-refractivity contribution in [1.82, 2.24) is 4.90 Å². The Balaban J connectivity index is 2.10. The van der Waals surface area contributed by atoms with Gasteiger partial charge in [0.2, 0.25) is 11.8 Å². The fraction of sp³-hybridized carbons (Fsp3) is 0.500. The van der Waals surface area contributed by atoms with Gasteiger partial charge in [0, 0.05) is 18.8 Å². The van der Waals surface area contributed by atoms with Crippen molar-refractivity contribution in [3.8, 4) is 0 Å². The first-order chi connectivity index (χ1) is 9.53. The van der Waals surface area contributed by atoms with Crippen LogP contribution in [0, 0.1) is 12.3 Å². The summed E-state index contributed by atoms with van der Waals surface area (Å²) in [5.41, 5.74) is 1.02. The van der Waals surface area contributed by atoms with E-state index in [0.717, 1.165) is 11.3 Å². The SMILES string of the molecule is CCN(CC)C(=O)C1(C(=O)Nc2cccc(C)c2)CC1. The fourth-order valence-corrected chi connectivity index (χ4v) is 2.45. The third-order valence-electron chi connectivity index (χ3n) is 3.92. The average molecular weight is 274 g/mol. The molecule has 1 saturated carbocycles. The first-order valence-electron chi connectivity index (χ1n) is 7.21. The summed E-state index contributed by atoms with van der Waals surface area (Å²) < 4.78 is 0. The zero-order chi connectivity index (χ0) is 14.8. The van der Waals surface area contributed by atoms with E-state index in [0.29, 0.717) is 25.9 Å². The summed E-state index contributed by atoms with van der Waals surface area (Å²) in [5, 5.41) is 2.88. The van der Waals surface area contributed by atoms with Crippen molar-refractivity contribution >= 4 is 17.5 Å². The molecule has 20 heavy (non-hydrogen) atoms. The number of hydrogen-bond donors (Lipinski definition) is 1. The number of carbonyl (C=O) groups excluding carboxylic acids is 2. The summed E-state index contributed by atoms with van der Waals surface area (Å²) in [6.45, 7) is 7.15. The molecule has 4 heteroatoms. The molecule has 0 radical (unpaired) electrons. The Morgan fingerprint density at radius 1 is 1.25 bits per heavy atom. The van der Waals surface area contributed by atoms with Gasteiger partial charge in [-0.25, -0.2) is 0 Å². The highest BCUT2D eigenvalue weighted by atomic mass is 16.2. The molecule has 1 aromatic rings. The lowest BCUT2D eigenvalue weighted by Crippen LogP contribution is -2.42. The van der Waals surface area contributed by atoms with Gasteiger partial charge < -0.3 is 10.2 Å². The van der Waals surface area contributed by atoms with E-state index < -0.39 is 5.41 Å². The highest BCUT2D eigenvalue weighted by molar-refractivity contribution is 6.13. The van der Waals surface area contributed by atoms with Crippen LogP contribution in [0.1, 0.15) is 32.3 Å². The predicted octanol–water partition coefficient (Wildman–Crippen LogP) is 2.58. The minimum absolute atomic E-state index is 0.0346. The zero-order valence-corrected chi connectivity index (χ0v) is 12.4. The number of amides is 2. The van der Waals surface area contributed by atoms with E-state index in [4.69, 9.17) is 0 Å². The van der Waals surface area contributed by atoms with Crippen LogP contribution in [-0.2, 0) is 9.59 Å². The summed E-state index contributed by atoms with van der Waals surface area (Å²) in [7, 11) is 0. The first-order valence-corrected chi connectivity index (χ1v) is 7.21. The van der Waals surface area contributed by atoms with Crippen LogP contribution in [-0.4, -0.2) is 29.8 Å². The van der Waals surface area contributed by atoms with Gasteiger partial charge in [0.05, 0.1) is 0 Å². The van der Waals surface area contributed by atoms with E-state index in [1.54, 1.807) is 4.90 Å². The monoisotopic (exact) mass is 274 g/mol. The molecule has 2 amide bonds. The second-order valence-electron chi connectivity index (χ2n) is 5.38. The van der Waals surface area contributed by atoms with Crippen molar-refractivity contribution in [2.45, 2.75) is 33.6 Å². The van der Waals surface area contributed by atoms with E-state index in [1.165, 1.54) is 0 Å². The van der Waals surface area contributed by atoms with Gasteiger partial charge in [0.1, 0.15) is 5.41 Å². The average Bonchev–Trinajstić information content (AvgIpc) is 3.21. The van der Waals surface area contributed by atoms with Crippen LogP contribution in [0.4, 0.5) is 5.69 Å². The third kappa shape index (κ3) is 2.69. The van der Waals surface area contributed by atoms with E-state index in [1.807, 2.05) is 45.0 Å². The maximum atomic E-state index is 12.5. The van der Waals surface area contributed by atoms with E-state index in [9.17, 15) is 9.59 Å². The van der Waals surface area contributed by atoms with Crippen LogP contribution in [0.3, 0.4) is 0 Å². The van der Waals surface area contributed by atoms with Gasteiger partial charge in [-0.15, -0.1) is 0 Å². The van der Waals surface area contributed by atoms with Crippen LogP contribution in [0.15, 0.2) is 24.3 Å². The van der Waals surface area contributed by atoms with Gasteiger partial charge in [-0.1, -0.05) is 12.1 Å². The number of rotatable bonds is 5. The number of benzene rings is 1. The minimum Gasteiger partial charge on any atom is -0.342 e. The van der Waals surface area contributed by atoms with Crippen molar-refractivity contribution in [3.63, 3.8) is 0 Å². The Kier molecular flexibility index (Phi) is 4.12. The van der Waals surface area contributed by atoms with E-state index in [2.05, 4.69) is 5.32 Å². The predicted molar refractivity (Wildman–Crippen MR) is 79.4 cm³/mol. The molecule has 0 aromatic heterocycles. The highest BCUT2D eigenvalue weighted by Gasteiger charge is 2.57. The van der Waals surface area contributed by atoms with Gasteiger partial charge >= 0.3 is 0 Å². The largest absolute Gasteiger partial charge is 0.342 e. The van der Waals surface area contributed by atoms with Gasteiger partial charge in [0.25, 0.3) is 0 Å². The molecule has 1 aliphatic rings. The molecule has 108 valence electrons. The molecular weight excluding hydrogens is 252 g/mol. The maximum Gasteiger partial charge on any atom is 0.240 e. The molecule has 0 heterocycles. The molecule has 0 aliphatic heterocycles. The van der Waals surface area contributed by atoms with Crippen molar-refractivity contribution in [3.05, 3.63) is 29.8 Å². The van der Waals surface area contributed by atoms with Gasteiger partial charge in [-0.2, -0.15) is 0 Å². The van der Waals surface area contributed by atoms with Crippen molar-refractivity contribution in [2.24, 2.45) is 5.41 Å². The zero-order valence-electron chi connectivity index (χ0n) is 12.4. The second-order valence-corrected chi connectivity index (χ2v) is 5.38. The second kappa shape index (κ2) is 5.65. The Morgan fingerprint density at radius 2 is 1.90 bits per heavy atom. The molecule has 0 atom stereocenters. The molecule has 1 fully saturated rings. The number of aryl methyl sites for hydroxylation is 1. The van der Waals surface area contributed by atoms with E-state index in [-0.39, 0.29) is 11.8 Å². The Bertz CT molecular complexity index is 517. The number of nitrogens with one attached hydrogen (secondary N) is 1.